The first kappa shape index (κ1) is 98.4. The Labute approximate surface area is 821 Å². The molecule has 750 valence electrons. The molecule has 19 rings (SSSR count). The predicted molar refractivity (Wildman–Crippen MR) is 542 cm³/mol. The van der Waals surface area contributed by atoms with E-state index in [0.717, 1.165) is 267 Å². The van der Waals surface area contributed by atoms with E-state index in [-0.39, 0.29) is 34.5 Å². The van der Waals surface area contributed by atoms with Crippen LogP contribution in [0.5, 0.6) is 69.0 Å². The van der Waals surface area contributed by atoms with Crippen molar-refractivity contribution in [3.63, 3.8) is 0 Å². The predicted octanol–water partition coefficient (Wildman–Crippen LogP) is 24.1. The van der Waals surface area contributed by atoms with Crippen molar-refractivity contribution >= 4 is 34.1 Å². The standard InChI is InChI=1S/C114H156N6O18/c1-73-97(121-73)25-13-61-115(62-14-26-98-74(2)122-98)85-37-49-91(50-38-85)133-109-110(134-92-51-39-86(40-52-92)116(63-15-27-99-75(3)123-99)64-16-28-100-76(4)124-100)112(136-94-55-43-88(44-56-94)118(67-19-31-103-79(7)127-103)68-20-32-104-80(8)128-104)114(138-96-59-47-90(48-60-96)120(71-23-35-107-83(11)131-107)72-24-36-108-84(12)132-108)113(137-95-57-45-89(46-58-95)119(69-21-33-105-81(9)129-105)70-22-34-106-82(10)130-106)111(109)135-93-53-41-87(42-54-93)117(65-17-29-101-77(5)125-101)66-18-30-102-78(6)126-102/h37-60,73-84,97-108H,13-36,61-72H2,1-12H3. The first-order valence-electron chi connectivity index (χ1n) is 53.5. The largest absolute Gasteiger partial charge is 0.449 e. The second-order valence-electron chi connectivity index (χ2n) is 41.7. The summed E-state index contributed by atoms with van der Waals surface area (Å²) in [6.07, 6.45) is 30.9. The molecule has 0 aromatic heterocycles. The first-order valence-corrected chi connectivity index (χ1v) is 53.5. The highest BCUT2D eigenvalue weighted by Gasteiger charge is 2.44. The highest BCUT2D eigenvalue weighted by atomic mass is 16.6. The molecule has 12 saturated heterocycles. The summed E-state index contributed by atoms with van der Waals surface area (Å²) in [4.78, 5) is 15.1. The SMILES string of the molecule is CC1OC1CCCN(CCCC1OC1C)c1ccc(Oc2c(Oc3ccc(N(CCCC4OC4C)CCCC4OC4C)cc3)c(Oc3ccc(N(CCCC4OC4C)CCCC4OC4C)cc3)c(Oc3ccc(N(CCCC4OC4C)CCCC4OC4C)cc3)c(Oc3ccc(N(CCCC4OC4C)CCCC4OC4C)cc3)c2Oc2ccc(N(CCCC3OC3C)CCCC3OC3C)cc2)cc1. The smallest absolute Gasteiger partial charge is 0.220 e. The lowest BCUT2D eigenvalue weighted by Gasteiger charge is -2.28. The van der Waals surface area contributed by atoms with Gasteiger partial charge in [0.2, 0.25) is 34.5 Å². The Balaban J connectivity index is 0.767. The van der Waals surface area contributed by atoms with Crippen LogP contribution in [0.4, 0.5) is 34.1 Å². The van der Waals surface area contributed by atoms with E-state index in [9.17, 15) is 0 Å². The summed E-state index contributed by atoms with van der Waals surface area (Å²) in [7, 11) is 0. The van der Waals surface area contributed by atoms with Gasteiger partial charge in [-0.25, -0.2) is 0 Å². The average molecular weight is 1900 g/mol. The summed E-state index contributed by atoms with van der Waals surface area (Å²) in [6, 6.07) is 51.0. The Morgan fingerprint density at radius 3 is 0.319 bits per heavy atom. The van der Waals surface area contributed by atoms with Crippen LogP contribution in [0.25, 0.3) is 0 Å². The molecule has 0 spiro atoms. The molecule has 12 fully saturated rings. The molecule has 0 radical (unpaired) electrons. The van der Waals surface area contributed by atoms with Gasteiger partial charge in [-0.05, 0) is 383 Å². The molecule has 0 bridgehead atoms. The van der Waals surface area contributed by atoms with E-state index in [1.165, 1.54) is 0 Å². The highest BCUT2D eigenvalue weighted by molar-refractivity contribution is 5.78. The Kier molecular flexibility index (Phi) is 32.8. The van der Waals surface area contributed by atoms with Gasteiger partial charge in [-0.15, -0.1) is 0 Å². The normalized spacial score (nSPS) is 29.1. The Hall–Kier alpha value is -8.34. The molecule has 7 aromatic rings. The molecule has 0 aliphatic carbocycles. The van der Waals surface area contributed by atoms with Gasteiger partial charge in [0, 0.05) is 113 Å². The number of epoxide rings is 12. The minimum Gasteiger partial charge on any atom is -0.449 e. The van der Waals surface area contributed by atoms with E-state index >= 15 is 0 Å². The van der Waals surface area contributed by atoms with Crippen molar-refractivity contribution in [2.24, 2.45) is 0 Å². The van der Waals surface area contributed by atoms with Gasteiger partial charge in [-0.2, -0.15) is 0 Å². The minimum absolute atomic E-state index is 0.186. The van der Waals surface area contributed by atoms with E-state index in [4.69, 9.17) is 85.3 Å². The van der Waals surface area contributed by atoms with E-state index in [1.807, 2.05) is 0 Å². The zero-order valence-corrected chi connectivity index (χ0v) is 84.2. The number of anilines is 6. The fourth-order valence-corrected chi connectivity index (χ4v) is 20.6. The molecule has 24 unspecified atom stereocenters. The maximum absolute atomic E-state index is 7.85. The fraction of sp³-hybridized carbons (Fsp3) is 0.632. The average Bonchev–Trinajstić information content (AvgIpc) is 1.70. The van der Waals surface area contributed by atoms with Gasteiger partial charge in [0.1, 0.15) is 34.5 Å². The van der Waals surface area contributed by atoms with Gasteiger partial charge in [-0.3, -0.25) is 0 Å². The van der Waals surface area contributed by atoms with Crippen LogP contribution in [0.3, 0.4) is 0 Å². The number of hydrogen-bond donors (Lipinski definition) is 0. The maximum Gasteiger partial charge on any atom is 0.220 e. The Morgan fingerprint density at radius 2 is 0.239 bits per heavy atom. The number of benzene rings is 7. The summed E-state index contributed by atoms with van der Waals surface area (Å²) in [5, 5.41) is 0. The lowest BCUT2D eigenvalue weighted by atomic mass is 10.1. The molecule has 7 aromatic carbocycles. The third-order valence-electron chi connectivity index (χ3n) is 30.8. The van der Waals surface area contributed by atoms with Crippen LogP contribution in [0, 0.1) is 0 Å². The van der Waals surface area contributed by atoms with Crippen LogP contribution in [0.15, 0.2) is 146 Å². The topological polar surface area (TPSA) is 225 Å². The van der Waals surface area contributed by atoms with Crippen LogP contribution < -0.4 is 57.8 Å². The van der Waals surface area contributed by atoms with E-state index < -0.39 is 0 Å². The van der Waals surface area contributed by atoms with Crippen molar-refractivity contribution in [3.05, 3.63) is 146 Å². The lowest BCUT2D eigenvalue weighted by Crippen LogP contribution is -2.26. The molecule has 0 saturated carbocycles. The number of ether oxygens (including phenoxy) is 18. The minimum atomic E-state index is 0.186. The van der Waals surface area contributed by atoms with E-state index in [1.54, 1.807) is 0 Å². The second kappa shape index (κ2) is 45.9. The summed E-state index contributed by atoms with van der Waals surface area (Å²) < 4.78 is 119. The molecular weight excluding hydrogens is 1740 g/mol. The van der Waals surface area contributed by atoms with E-state index in [2.05, 4.69) is 258 Å². The van der Waals surface area contributed by atoms with Gasteiger partial charge < -0.3 is 115 Å². The van der Waals surface area contributed by atoms with Gasteiger partial charge in [0.15, 0.2) is 0 Å². The Bertz CT molecular complexity index is 4040. The van der Waals surface area contributed by atoms with Crippen molar-refractivity contribution in [2.75, 3.05) is 108 Å². The Morgan fingerprint density at radius 1 is 0.152 bits per heavy atom. The van der Waals surface area contributed by atoms with Crippen LogP contribution >= 0.6 is 0 Å². The third-order valence-corrected chi connectivity index (χ3v) is 30.8. The number of hydrogen-bond acceptors (Lipinski definition) is 24. The molecular formula is C114H156N6O18. The van der Waals surface area contributed by atoms with Crippen molar-refractivity contribution in [2.45, 2.75) is 384 Å². The van der Waals surface area contributed by atoms with Crippen molar-refractivity contribution in [3.8, 4) is 69.0 Å². The lowest BCUT2D eigenvalue weighted by molar-refractivity contribution is 0.326. The molecule has 0 N–H and O–H groups in total. The summed E-state index contributed by atoms with van der Waals surface area (Å²) in [5.74, 6) is 4.25. The first-order chi connectivity index (χ1) is 67.2. The van der Waals surface area contributed by atoms with Crippen LogP contribution in [0.2, 0.25) is 0 Å². The molecule has 12 heterocycles. The van der Waals surface area contributed by atoms with Gasteiger partial charge in [0.25, 0.3) is 0 Å². The van der Waals surface area contributed by atoms with Gasteiger partial charge >= 0.3 is 0 Å². The summed E-state index contributed by atoms with van der Waals surface area (Å²) >= 11 is 0. The van der Waals surface area contributed by atoms with E-state index in [0.29, 0.717) is 181 Å². The second-order valence-corrected chi connectivity index (χ2v) is 41.7. The zero-order chi connectivity index (χ0) is 94.9. The van der Waals surface area contributed by atoms with Crippen LogP contribution in [0.1, 0.15) is 237 Å². The zero-order valence-electron chi connectivity index (χ0n) is 84.2. The van der Waals surface area contributed by atoms with Crippen LogP contribution in [-0.4, -0.2) is 225 Å². The van der Waals surface area contributed by atoms with Crippen LogP contribution in [-0.2, 0) is 56.8 Å². The number of rotatable bonds is 66. The third kappa shape index (κ3) is 28.6. The molecule has 12 aliphatic heterocycles. The molecule has 24 atom stereocenters. The highest BCUT2D eigenvalue weighted by Crippen LogP contribution is 2.64. The monoisotopic (exact) mass is 1900 g/mol. The molecule has 24 nitrogen and oxygen atoms in total. The van der Waals surface area contributed by atoms with Crippen molar-refractivity contribution < 1.29 is 85.3 Å². The van der Waals surface area contributed by atoms with Gasteiger partial charge in [-0.1, -0.05) is 0 Å². The molecule has 0 amide bonds. The summed E-state index contributed by atoms with van der Waals surface area (Å²) in [5.41, 5.74) is 6.50. The molecule has 138 heavy (non-hydrogen) atoms. The van der Waals surface area contributed by atoms with Crippen molar-refractivity contribution in [1.82, 2.24) is 0 Å². The quantitative estimate of drug-likeness (QED) is 0.0323. The molecule has 12 aliphatic rings. The number of nitrogens with zero attached hydrogens (tertiary/aromatic N) is 6. The fourth-order valence-electron chi connectivity index (χ4n) is 20.6. The summed E-state index contributed by atoms with van der Waals surface area (Å²) in [6.45, 7) is 36.5. The van der Waals surface area contributed by atoms with Gasteiger partial charge in [0.05, 0.1) is 146 Å². The molecule has 24 heteroatoms. The van der Waals surface area contributed by atoms with Crippen molar-refractivity contribution in [1.29, 1.82) is 0 Å². The maximum atomic E-state index is 7.85.